The van der Waals surface area contributed by atoms with E-state index < -0.39 is 22.5 Å². The molecule has 7 heteroatoms. The van der Waals surface area contributed by atoms with E-state index in [2.05, 4.69) is 10.4 Å². The van der Waals surface area contributed by atoms with Gasteiger partial charge in [-0.25, -0.2) is 9.07 Å². The van der Waals surface area contributed by atoms with Gasteiger partial charge in [-0.15, -0.1) is 0 Å². The number of amides is 1. The zero-order valence-electron chi connectivity index (χ0n) is 15.0. The van der Waals surface area contributed by atoms with Gasteiger partial charge in [0, 0.05) is 21.9 Å². The van der Waals surface area contributed by atoms with Crippen LogP contribution in [0.15, 0.2) is 42.5 Å². The summed E-state index contributed by atoms with van der Waals surface area (Å²) in [6, 6.07) is 11.5. The molecule has 0 fully saturated rings. The number of nitrogens with one attached hydrogen (secondary N) is 1. The van der Waals surface area contributed by atoms with Crippen molar-refractivity contribution in [3.05, 3.63) is 76.2 Å². The predicted octanol–water partition coefficient (Wildman–Crippen LogP) is 3.64. The number of carbonyl (C=O) groups excluding carboxylic acids is 1. The number of fused-ring (bicyclic) bond motifs is 1. The molecular formula is C20H18FN3O2S. The lowest BCUT2D eigenvalue weighted by atomic mass is 10.1. The summed E-state index contributed by atoms with van der Waals surface area (Å²) in [4.78, 5) is 12.7. The van der Waals surface area contributed by atoms with Gasteiger partial charge >= 0.3 is 0 Å². The first kappa shape index (κ1) is 17.6. The summed E-state index contributed by atoms with van der Waals surface area (Å²) in [5.74, 6) is 0.310. The highest BCUT2D eigenvalue weighted by Crippen LogP contribution is 2.32. The van der Waals surface area contributed by atoms with Gasteiger partial charge in [0.1, 0.15) is 11.6 Å². The van der Waals surface area contributed by atoms with Crippen LogP contribution in [-0.2, 0) is 22.3 Å². The van der Waals surface area contributed by atoms with Crippen LogP contribution < -0.4 is 5.32 Å². The molecule has 0 spiro atoms. The molecule has 1 atom stereocenters. The smallest absolute Gasteiger partial charge is 0.256 e. The Labute approximate surface area is 158 Å². The number of hydrogen-bond donors (Lipinski definition) is 1. The van der Waals surface area contributed by atoms with Crippen LogP contribution in [0, 0.1) is 19.7 Å². The fraction of sp³-hybridized carbons (Fsp3) is 0.200. The van der Waals surface area contributed by atoms with Crippen molar-refractivity contribution < 1.29 is 13.4 Å². The van der Waals surface area contributed by atoms with Gasteiger partial charge in [0.05, 0.1) is 22.9 Å². The molecule has 1 unspecified atom stereocenters. The first-order chi connectivity index (χ1) is 12.9. The molecule has 1 aromatic heterocycles. The Kier molecular flexibility index (Phi) is 4.39. The van der Waals surface area contributed by atoms with E-state index in [1.54, 1.807) is 10.7 Å². The van der Waals surface area contributed by atoms with E-state index in [-0.39, 0.29) is 5.56 Å². The molecule has 138 valence electrons. The third-order valence-electron chi connectivity index (χ3n) is 4.57. The summed E-state index contributed by atoms with van der Waals surface area (Å²) in [6.45, 7) is 3.99. The van der Waals surface area contributed by atoms with E-state index in [4.69, 9.17) is 0 Å². The molecule has 0 saturated carbocycles. The number of halogens is 1. The third kappa shape index (κ3) is 3.30. The second kappa shape index (κ2) is 6.74. The minimum absolute atomic E-state index is 0.219. The van der Waals surface area contributed by atoms with E-state index in [9.17, 15) is 13.4 Å². The Balaban J connectivity index is 1.79. The van der Waals surface area contributed by atoms with Crippen LogP contribution in [0.25, 0.3) is 5.69 Å². The van der Waals surface area contributed by atoms with Crippen molar-refractivity contribution in [2.75, 3.05) is 5.32 Å². The maximum atomic E-state index is 13.5. The van der Waals surface area contributed by atoms with Crippen LogP contribution in [0.3, 0.4) is 0 Å². The van der Waals surface area contributed by atoms with Crippen molar-refractivity contribution in [3.8, 4) is 5.69 Å². The quantitative estimate of drug-likeness (QED) is 0.751. The lowest BCUT2D eigenvalue weighted by Crippen LogP contribution is -2.17. The molecule has 1 aliphatic rings. The van der Waals surface area contributed by atoms with Crippen molar-refractivity contribution in [2.24, 2.45) is 0 Å². The van der Waals surface area contributed by atoms with Gasteiger partial charge < -0.3 is 5.32 Å². The number of carbonyl (C=O) groups is 1. The van der Waals surface area contributed by atoms with E-state index in [1.807, 2.05) is 32.0 Å². The molecule has 4 rings (SSSR count). The zero-order valence-corrected chi connectivity index (χ0v) is 15.8. The zero-order chi connectivity index (χ0) is 19.1. The van der Waals surface area contributed by atoms with E-state index in [0.717, 1.165) is 28.1 Å². The van der Waals surface area contributed by atoms with Crippen LogP contribution in [-0.4, -0.2) is 19.9 Å². The highest BCUT2D eigenvalue weighted by molar-refractivity contribution is 7.83. The van der Waals surface area contributed by atoms with Crippen molar-refractivity contribution in [2.45, 2.75) is 25.4 Å². The molecule has 0 bridgehead atoms. The second-order valence-electron chi connectivity index (χ2n) is 6.67. The summed E-state index contributed by atoms with van der Waals surface area (Å²) in [5.41, 5.74) is 4.70. The van der Waals surface area contributed by atoms with Crippen LogP contribution in [0.2, 0.25) is 0 Å². The molecule has 3 aromatic rings. The van der Waals surface area contributed by atoms with Gasteiger partial charge in [-0.05, 0) is 43.7 Å². The average molecular weight is 383 g/mol. The summed E-state index contributed by atoms with van der Waals surface area (Å²) in [7, 11) is -1.02. The molecule has 1 N–H and O–H groups in total. The molecule has 2 heterocycles. The van der Waals surface area contributed by atoms with Gasteiger partial charge in [0.2, 0.25) is 0 Å². The molecule has 5 nitrogen and oxygen atoms in total. The number of benzene rings is 2. The first-order valence-corrected chi connectivity index (χ1v) is 10.0. The Morgan fingerprint density at radius 2 is 2.00 bits per heavy atom. The topological polar surface area (TPSA) is 64.0 Å². The van der Waals surface area contributed by atoms with E-state index >= 15 is 0 Å². The summed E-state index contributed by atoms with van der Waals surface area (Å²) >= 11 is 0. The number of aryl methyl sites for hydroxylation is 2. The standard InChI is InChI=1S/C20H18FN3O2S/c1-12-6-7-18(13(2)8-12)24-19(16-10-27(26)11-17(16)23-24)22-20(25)14-4-3-5-15(21)9-14/h3-9H,10-11H2,1-2H3,(H,22,25). The molecule has 0 aliphatic carbocycles. The molecular weight excluding hydrogens is 365 g/mol. The van der Waals surface area contributed by atoms with E-state index in [1.165, 1.54) is 18.2 Å². The Morgan fingerprint density at radius 3 is 2.74 bits per heavy atom. The van der Waals surface area contributed by atoms with Gasteiger partial charge in [-0.2, -0.15) is 5.10 Å². The van der Waals surface area contributed by atoms with Crippen LogP contribution >= 0.6 is 0 Å². The molecule has 0 saturated heterocycles. The monoisotopic (exact) mass is 383 g/mol. The Bertz CT molecular complexity index is 1090. The average Bonchev–Trinajstić information content (AvgIpc) is 3.12. The SMILES string of the molecule is Cc1ccc(-n2nc3c(c2NC(=O)c2cccc(F)c2)CS(=O)C3)c(C)c1. The maximum absolute atomic E-state index is 13.5. The van der Waals surface area contributed by atoms with Crippen molar-refractivity contribution in [1.82, 2.24) is 9.78 Å². The maximum Gasteiger partial charge on any atom is 0.256 e. The highest BCUT2D eigenvalue weighted by Gasteiger charge is 2.29. The van der Waals surface area contributed by atoms with Crippen molar-refractivity contribution in [3.63, 3.8) is 0 Å². The fourth-order valence-electron chi connectivity index (χ4n) is 3.28. The first-order valence-electron chi connectivity index (χ1n) is 8.52. The fourth-order valence-corrected chi connectivity index (χ4v) is 4.55. The molecule has 27 heavy (non-hydrogen) atoms. The lowest BCUT2D eigenvalue weighted by Gasteiger charge is -2.13. The summed E-state index contributed by atoms with van der Waals surface area (Å²) in [6.07, 6.45) is 0. The molecule has 1 aliphatic heterocycles. The van der Waals surface area contributed by atoms with Crippen LogP contribution in [0.5, 0.6) is 0 Å². The minimum atomic E-state index is -1.02. The second-order valence-corrected chi connectivity index (χ2v) is 8.13. The summed E-state index contributed by atoms with van der Waals surface area (Å²) < 4.78 is 27.1. The van der Waals surface area contributed by atoms with Crippen molar-refractivity contribution >= 4 is 22.5 Å². The number of aromatic nitrogens is 2. The number of rotatable bonds is 3. The Hall–Kier alpha value is -2.80. The third-order valence-corrected chi connectivity index (χ3v) is 5.78. The predicted molar refractivity (Wildman–Crippen MR) is 103 cm³/mol. The number of anilines is 1. The largest absolute Gasteiger partial charge is 0.306 e. The van der Waals surface area contributed by atoms with Gasteiger partial charge in [-0.1, -0.05) is 23.8 Å². The van der Waals surface area contributed by atoms with Crippen LogP contribution in [0.4, 0.5) is 10.2 Å². The molecule has 2 aromatic carbocycles. The Morgan fingerprint density at radius 1 is 1.19 bits per heavy atom. The van der Waals surface area contributed by atoms with E-state index in [0.29, 0.717) is 17.3 Å². The van der Waals surface area contributed by atoms with Gasteiger partial charge in [-0.3, -0.25) is 9.00 Å². The lowest BCUT2D eigenvalue weighted by molar-refractivity contribution is 0.102. The van der Waals surface area contributed by atoms with Crippen LogP contribution in [0.1, 0.15) is 32.7 Å². The van der Waals surface area contributed by atoms with Crippen molar-refractivity contribution in [1.29, 1.82) is 0 Å². The highest BCUT2D eigenvalue weighted by atomic mass is 32.2. The van der Waals surface area contributed by atoms with Gasteiger partial charge in [0.15, 0.2) is 0 Å². The normalized spacial score (nSPS) is 15.6. The number of hydrogen-bond acceptors (Lipinski definition) is 3. The summed E-state index contributed by atoms with van der Waals surface area (Å²) in [5, 5.41) is 7.46. The van der Waals surface area contributed by atoms with Gasteiger partial charge in [0.25, 0.3) is 5.91 Å². The molecule has 1 amide bonds. The minimum Gasteiger partial charge on any atom is -0.306 e. The molecule has 0 radical (unpaired) electrons. The number of nitrogens with zero attached hydrogens (tertiary/aromatic N) is 2.